The van der Waals surface area contributed by atoms with Gasteiger partial charge in [0.25, 0.3) is 5.91 Å². The minimum Gasteiger partial charge on any atom is -0.457 e. The summed E-state index contributed by atoms with van der Waals surface area (Å²) >= 11 is 3.40. The first-order valence-corrected chi connectivity index (χ1v) is 9.53. The normalized spacial score (nSPS) is 11.2. The van der Waals surface area contributed by atoms with Crippen molar-refractivity contribution in [3.63, 3.8) is 0 Å². The van der Waals surface area contributed by atoms with Gasteiger partial charge >= 0.3 is 0 Å². The molecule has 4 nitrogen and oxygen atoms in total. The summed E-state index contributed by atoms with van der Waals surface area (Å²) in [6.07, 6.45) is 1.45. The van der Waals surface area contributed by atoms with Crippen LogP contribution in [0.25, 0.3) is 17.4 Å². The molecular formula is C23H19BrN2O2. The number of hydrogen-bond donors (Lipinski definition) is 1. The monoisotopic (exact) mass is 434 g/mol. The molecule has 0 spiro atoms. The van der Waals surface area contributed by atoms with Crippen molar-refractivity contribution in [3.8, 4) is 17.4 Å². The van der Waals surface area contributed by atoms with Gasteiger partial charge in [0, 0.05) is 21.8 Å². The molecular weight excluding hydrogens is 416 g/mol. The Morgan fingerprint density at radius 1 is 1.07 bits per heavy atom. The van der Waals surface area contributed by atoms with Crippen LogP contribution in [0, 0.1) is 32.1 Å². The van der Waals surface area contributed by atoms with Crippen molar-refractivity contribution in [2.45, 2.75) is 20.8 Å². The van der Waals surface area contributed by atoms with Gasteiger partial charge in [-0.15, -0.1) is 0 Å². The van der Waals surface area contributed by atoms with Crippen molar-refractivity contribution < 1.29 is 9.21 Å². The van der Waals surface area contributed by atoms with Gasteiger partial charge in [-0.3, -0.25) is 4.79 Å². The highest BCUT2D eigenvalue weighted by Gasteiger charge is 2.14. The van der Waals surface area contributed by atoms with Gasteiger partial charge < -0.3 is 9.73 Å². The number of nitrogens with zero attached hydrogens (tertiary/aromatic N) is 1. The minimum absolute atomic E-state index is 0.0175. The number of anilines is 1. The Labute approximate surface area is 172 Å². The predicted octanol–water partition coefficient (Wildman–Crippen LogP) is 6.18. The Balaban J connectivity index is 1.84. The van der Waals surface area contributed by atoms with Gasteiger partial charge in [-0.1, -0.05) is 45.8 Å². The van der Waals surface area contributed by atoms with Crippen molar-refractivity contribution in [1.29, 1.82) is 5.26 Å². The fourth-order valence-corrected chi connectivity index (χ4v) is 3.31. The van der Waals surface area contributed by atoms with Gasteiger partial charge in [0.05, 0.1) is 0 Å². The highest BCUT2D eigenvalue weighted by molar-refractivity contribution is 9.10. The third kappa shape index (κ3) is 4.41. The van der Waals surface area contributed by atoms with E-state index >= 15 is 0 Å². The highest BCUT2D eigenvalue weighted by Crippen LogP contribution is 2.26. The second kappa shape index (κ2) is 8.28. The van der Waals surface area contributed by atoms with E-state index in [0.29, 0.717) is 11.5 Å². The third-order valence-corrected chi connectivity index (χ3v) is 4.85. The number of rotatable bonds is 4. The van der Waals surface area contributed by atoms with E-state index in [0.717, 1.165) is 32.4 Å². The largest absolute Gasteiger partial charge is 0.457 e. The van der Waals surface area contributed by atoms with Gasteiger partial charge in [-0.2, -0.15) is 5.26 Å². The lowest BCUT2D eigenvalue weighted by atomic mass is 10.0. The number of carbonyl (C=O) groups excluding carboxylic acids is 1. The zero-order valence-corrected chi connectivity index (χ0v) is 17.4. The molecule has 0 aliphatic carbocycles. The maximum absolute atomic E-state index is 12.6. The first-order valence-electron chi connectivity index (χ1n) is 8.74. The molecule has 0 fully saturated rings. The average molecular weight is 435 g/mol. The van der Waals surface area contributed by atoms with E-state index in [9.17, 15) is 10.1 Å². The molecule has 0 bridgehead atoms. The second-order valence-corrected chi connectivity index (χ2v) is 7.52. The number of carbonyl (C=O) groups is 1. The van der Waals surface area contributed by atoms with Crippen LogP contribution in [0.4, 0.5) is 5.69 Å². The van der Waals surface area contributed by atoms with Crippen LogP contribution in [0.2, 0.25) is 0 Å². The number of furan rings is 1. The number of hydrogen-bond acceptors (Lipinski definition) is 3. The van der Waals surface area contributed by atoms with Crippen LogP contribution in [0.3, 0.4) is 0 Å². The summed E-state index contributed by atoms with van der Waals surface area (Å²) in [5.74, 6) is 0.655. The molecule has 1 aromatic heterocycles. The summed E-state index contributed by atoms with van der Waals surface area (Å²) in [5, 5.41) is 12.3. The molecule has 0 aliphatic heterocycles. The van der Waals surface area contributed by atoms with E-state index in [4.69, 9.17) is 4.42 Å². The molecule has 140 valence electrons. The molecule has 1 amide bonds. The van der Waals surface area contributed by atoms with Crippen LogP contribution in [0.15, 0.2) is 63.0 Å². The first-order chi connectivity index (χ1) is 13.4. The molecule has 1 heterocycles. The Morgan fingerprint density at radius 3 is 2.32 bits per heavy atom. The predicted molar refractivity (Wildman–Crippen MR) is 115 cm³/mol. The summed E-state index contributed by atoms with van der Waals surface area (Å²) in [7, 11) is 0. The van der Waals surface area contributed by atoms with Crippen molar-refractivity contribution >= 4 is 33.6 Å². The van der Waals surface area contributed by atoms with Crippen molar-refractivity contribution in [3.05, 3.63) is 81.0 Å². The summed E-state index contributed by atoms with van der Waals surface area (Å²) < 4.78 is 6.76. The summed E-state index contributed by atoms with van der Waals surface area (Å²) in [6, 6.07) is 17.2. The molecule has 0 saturated heterocycles. The van der Waals surface area contributed by atoms with E-state index in [1.54, 1.807) is 6.07 Å². The number of amides is 1. The Morgan fingerprint density at radius 2 is 1.71 bits per heavy atom. The topological polar surface area (TPSA) is 66.0 Å². The number of aryl methyl sites for hydroxylation is 3. The molecule has 3 rings (SSSR count). The van der Waals surface area contributed by atoms with Crippen LogP contribution in [0.1, 0.15) is 22.5 Å². The maximum atomic E-state index is 12.6. The molecule has 28 heavy (non-hydrogen) atoms. The smallest absolute Gasteiger partial charge is 0.266 e. The van der Waals surface area contributed by atoms with Crippen LogP contribution in [-0.4, -0.2) is 5.91 Å². The van der Waals surface area contributed by atoms with E-state index in [1.165, 1.54) is 6.08 Å². The van der Waals surface area contributed by atoms with E-state index in [1.807, 2.05) is 69.3 Å². The van der Waals surface area contributed by atoms with Gasteiger partial charge in [-0.05, 0) is 56.2 Å². The SMILES string of the molecule is Cc1cc(C)c(NC(=O)C(C#N)=Cc2ccc(-c3ccc(Br)cc3)o2)c(C)c1. The average Bonchev–Trinajstić information content (AvgIpc) is 3.11. The van der Waals surface area contributed by atoms with Gasteiger partial charge in [0.1, 0.15) is 23.2 Å². The highest BCUT2D eigenvalue weighted by atomic mass is 79.9. The standard InChI is InChI=1S/C23H19BrN2O2/c1-14-10-15(2)22(16(3)11-14)26-23(27)18(13-25)12-20-8-9-21(28-20)17-4-6-19(24)7-5-17/h4-12H,1-3H3,(H,26,27). The first kappa shape index (κ1) is 19.7. The lowest BCUT2D eigenvalue weighted by Gasteiger charge is -2.12. The van der Waals surface area contributed by atoms with Crippen LogP contribution in [0.5, 0.6) is 0 Å². The van der Waals surface area contributed by atoms with Crippen LogP contribution < -0.4 is 5.32 Å². The lowest BCUT2D eigenvalue weighted by molar-refractivity contribution is -0.112. The molecule has 0 unspecified atom stereocenters. The fraction of sp³-hybridized carbons (Fsp3) is 0.130. The fourth-order valence-electron chi connectivity index (χ4n) is 3.05. The summed E-state index contributed by atoms with van der Waals surface area (Å²) in [5.41, 5.74) is 4.66. The summed E-state index contributed by atoms with van der Waals surface area (Å²) in [6.45, 7) is 5.87. The zero-order valence-electron chi connectivity index (χ0n) is 15.8. The maximum Gasteiger partial charge on any atom is 0.266 e. The van der Waals surface area contributed by atoms with E-state index in [-0.39, 0.29) is 5.57 Å². The Bertz CT molecular complexity index is 1080. The number of benzene rings is 2. The van der Waals surface area contributed by atoms with Crippen LogP contribution in [-0.2, 0) is 4.79 Å². The second-order valence-electron chi connectivity index (χ2n) is 6.61. The third-order valence-electron chi connectivity index (χ3n) is 4.32. The molecule has 3 aromatic rings. The summed E-state index contributed by atoms with van der Waals surface area (Å²) in [4.78, 5) is 12.6. The van der Waals surface area contributed by atoms with E-state index in [2.05, 4.69) is 21.2 Å². The molecule has 0 saturated carbocycles. The van der Waals surface area contributed by atoms with Crippen molar-refractivity contribution in [2.24, 2.45) is 0 Å². The Hall–Kier alpha value is -3.10. The Kier molecular flexibility index (Phi) is 5.81. The number of halogens is 1. The lowest BCUT2D eigenvalue weighted by Crippen LogP contribution is -2.15. The number of nitrogens with one attached hydrogen (secondary N) is 1. The molecule has 0 aliphatic rings. The van der Waals surface area contributed by atoms with Gasteiger partial charge in [0.15, 0.2) is 0 Å². The molecule has 1 N–H and O–H groups in total. The molecule has 0 radical (unpaired) electrons. The zero-order chi connectivity index (χ0) is 20.3. The van der Waals surface area contributed by atoms with E-state index < -0.39 is 5.91 Å². The molecule has 5 heteroatoms. The quantitative estimate of drug-likeness (QED) is 0.393. The van der Waals surface area contributed by atoms with Crippen molar-refractivity contribution in [1.82, 2.24) is 0 Å². The van der Waals surface area contributed by atoms with Crippen molar-refractivity contribution in [2.75, 3.05) is 5.32 Å². The molecule has 2 aromatic carbocycles. The van der Waals surface area contributed by atoms with Gasteiger partial charge in [-0.25, -0.2) is 0 Å². The minimum atomic E-state index is -0.459. The number of nitriles is 1. The van der Waals surface area contributed by atoms with Gasteiger partial charge in [0.2, 0.25) is 0 Å². The molecule has 0 atom stereocenters. The van der Waals surface area contributed by atoms with Crippen LogP contribution >= 0.6 is 15.9 Å².